The van der Waals surface area contributed by atoms with Gasteiger partial charge in [-0.15, -0.1) is 0 Å². The number of aryl methyl sites for hydroxylation is 3. The van der Waals surface area contributed by atoms with Crippen LogP contribution in [0.4, 0.5) is 5.69 Å². The number of amides is 1. The molecule has 0 saturated heterocycles. The Kier molecular flexibility index (Phi) is 4.18. The molecule has 2 aromatic carbocycles. The van der Waals surface area contributed by atoms with E-state index >= 15 is 0 Å². The minimum atomic E-state index is -0.0511. The molecule has 0 atom stereocenters. The predicted octanol–water partition coefficient (Wildman–Crippen LogP) is 5.47. The molecule has 2 N–H and O–H groups in total. The summed E-state index contributed by atoms with van der Waals surface area (Å²) in [7, 11) is 0. The molecular weight excluding hydrogens is 296 g/mol. The summed E-state index contributed by atoms with van der Waals surface area (Å²) in [6.07, 6.45) is 0. The molecule has 0 unspecified atom stereocenters. The Morgan fingerprint density at radius 1 is 1.04 bits per heavy atom. The lowest BCUT2D eigenvalue weighted by Crippen LogP contribution is -2.15. The Morgan fingerprint density at radius 2 is 1.71 bits per heavy atom. The Hall–Kier alpha value is -2.55. The van der Waals surface area contributed by atoms with Crippen molar-refractivity contribution in [2.75, 3.05) is 5.32 Å². The number of carbonyl (C=O) groups is 1. The van der Waals surface area contributed by atoms with E-state index in [1.54, 1.807) is 0 Å². The van der Waals surface area contributed by atoms with E-state index in [0.717, 1.165) is 33.3 Å². The largest absolute Gasteiger partial charge is 0.358 e. The molecule has 0 bridgehead atoms. The first-order valence-electron chi connectivity index (χ1n) is 8.37. The molecule has 0 radical (unpaired) electrons. The first-order chi connectivity index (χ1) is 11.4. The van der Waals surface area contributed by atoms with E-state index in [-0.39, 0.29) is 5.91 Å². The van der Waals surface area contributed by atoms with Crippen molar-refractivity contribution in [1.29, 1.82) is 0 Å². The molecule has 0 aliphatic carbocycles. The lowest BCUT2D eigenvalue weighted by atomic mass is 9.99. The van der Waals surface area contributed by atoms with E-state index in [2.05, 4.69) is 49.3 Å². The van der Waals surface area contributed by atoms with Crippen molar-refractivity contribution in [2.45, 2.75) is 40.5 Å². The van der Waals surface area contributed by atoms with Gasteiger partial charge in [0.05, 0.1) is 5.69 Å². The van der Waals surface area contributed by atoms with Crippen LogP contribution in [0.25, 0.3) is 10.9 Å². The fraction of sp³-hybridized carbons (Fsp3) is 0.286. The molecule has 3 rings (SSSR count). The third kappa shape index (κ3) is 2.94. The molecule has 3 nitrogen and oxygen atoms in total. The van der Waals surface area contributed by atoms with E-state index < -0.39 is 0 Å². The summed E-state index contributed by atoms with van der Waals surface area (Å²) < 4.78 is 0. The van der Waals surface area contributed by atoms with Crippen LogP contribution in [0, 0.1) is 20.8 Å². The number of aromatic nitrogens is 1. The molecule has 1 amide bonds. The summed E-state index contributed by atoms with van der Waals surface area (Å²) in [5, 5.41) is 4.15. The van der Waals surface area contributed by atoms with Gasteiger partial charge in [0.2, 0.25) is 0 Å². The Morgan fingerprint density at radius 3 is 2.33 bits per heavy atom. The van der Waals surface area contributed by atoms with Crippen LogP contribution in [0.5, 0.6) is 0 Å². The van der Waals surface area contributed by atoms with Crippen molar-refractivity contribution >= 4 is 22.5 Å². The first kappa shape index (κ1) is 16.3. The second-order valence-corrected chi connectivity index (χ2v) is 6.87. The maximum atomic E-state index is 12.8. The number of aromatic amines is 1. The van der Waals surface area contributed by atoms with Crippen LogP contribution in [0.3, 0.4) is 0 Å². The summed E-state index contributed by atoms with van der Waals surface area (Å²) in [4.78, 5) is 16.3. The Labute approximate surface area is 143 Å². The molecule has 0 saturated carbocycles. The summed E-state index contributed by atoms with van der Waals surface area (Å²) >= 11 is 0. The van der Waals surface area contributed by atoms with Crippen LogP contribution in [-0.2, 0) is 0 Å². The van der Waals surface area contributed by atoms with Crippen molar-refractivity contribution in [3.8, 4) is 0 Å². The number of rotatable bonds is 3. The standard InChI is InChI=1S/C21H24N2O/c1-12(2)19-11-16-17(22-19)7-6-8-18(16)23-21(24)20-14(4)9-13(3)10-15(20)5/h6-12,22H,1-5H3,(H,23,24). The monoisotopic (exact) mass is 320 g/mol. The van der Waals surface area contributed by atoms with Gasteiger partial charge >= 0.3 is 0 Å². The number of carbonyl (C=O) groups excluding carboxylic acids is 1. The second-order valence-electron chi connectivity index (χ2n) is 6.87. The second kappa shape index (κ2) is 6.16. The highest BCUT2D eigenvalue weighted by molar-refractivity contribution is 6.10. The first-order valence-corrected chi connectivity index (χ1v) is 8.37. The highest BCUT2D eigenvalue weighted by atomic mass is 16.1. The lowest BCUT2D eigenvalue weighted by Gasteiger charge is -2.12. The van der Waals surface area contributed by atoms with Gasteiger partial charge in [0, 0.05) is 22.2 Å². The quantitative estimate of drug-likeness (QED) is 0.660. The van der Waals surface area contributed by atoms with Crippen LogP contribution in [0.15, 0.2) is 36.4 Å². The van der Waals surface area contributed by atoms with Crippen LogP contribution >= 0.6 is 0 Å². The number of hydrogen-bond donors (Lipinski definition) is 2. The number of nitrogens with one attached hydrogen (secondary N) is 2. The molecule has 1 aromatic heterocycles. The van der Waals surface area contributed by atoms with Crippen molar-refractivity contribution in [2.24, 2.45) is 0 Å². The molecule has 0 fully saturated rings. The molecule has 3 heteroatoms. The van der Waals surface area contributed by atoms with E-state index in [1.165, 1.54) is 11.3 Å². The summed E-state index contributed by atoms with van der Waals surface area (Å²) in [5.41, 5.74) is 7.03. The number of H-pyrrole nitrogens is 1. The smallest absolute Gasteiger partial charge is 0.256 e. The zero-order valence-electron chi connectivity index (χ0n) is 14.9. The van der Waals surface area contributed by atoms with E-state index in [4.69, 9.17) is 0 Å². The van der Waals surface area contributed by atoms with E-state index in [0.29, 0.717) is 5.92 Å². The molecule has 124 valence electrons. The van der Waals surface area contributed by atoms with Gasteiger partial charge < -0.3 is 10.3 Å². The average Bonchev–Trinajstić information content (AvgIpc) is 2.91. The predicted molar refractivity (Wildman–Crippen MR) is 101 cm³/mol. The SMILES string of the molecule is Cc1cc(C)c(C(=O)Nc2cccc3[nH]c(C(C)C)cc23)c(C)c1. The maximum Gasteiger partial charge on any atom is 0.256 e. The lowest BCUT2D eigenvalue weighted by molar-refractivity contribution is 0.102. The van der Waals surface area contributed by atoms with Gasteiger partial charge in [-0.25, -0.2) is 0 Å². The normalized spacial score (nSPS) is 11.2. The third-order valence-corrected chi connectivity index (χ3v) is 4.46. The average molecular weight is 320 g/mol. The number of hydrogen-bond acceptors (Lipinski definition) is 1. The number of fused-ring (bicyclic) bond motifs is 1. The zero-order valence-corrected chi connectivity index (χ0v) is 14.9. The number of anilines is 1. The zero-order chi connectivity index (χ0) is 17.4. The third-order valence-electron chi connectivity index (χ3n) is 4.46. The minimum absolute atomic E-state index is 0.0511. The Bertz CT molecular complexity index is 896. The molecule has 1 heterocycles. The van der Waals surface area contributed by atoms with Gasteiger partial charge in [-0.05, 0) is 56.0 Å². The fourth-order valence-corrected chi connectivity index (χ4v) is 3.32. The molecular formula is C21H24N2O. The summed E-state index contributed by atoms with van der Waals surface area (Å²) in [6.45, 7) is 10.3. The van der Waals surface area contributed by atoms with Crippen LogP contribution in [0.2, 0.25) is 0 Å². The molecule has 0 aliphatic heterocycles. The van der Waals surface area contributed by atoms with Gasteiger partial charge in [-0.2, -0.15) is 0 Å². The van der Waals surface area contributed by atoms with Crippen molar-refractivity contribution in [3.63, 3.8) is 0 Å². The van der Waals surface area contributed by atoms with Gasteiger partial charge in [-0.3, -0.25) is 4.79 Å². The number of benzene rings is 2. The van der Waals surface area contributed by atoms with Crippen molar-refractivity contribution in [1.82, 2.24) is 4.98 Å². The highest BCUT2D eigenvalue weighted by Gasteiger charge is 2.15. The van der Waals surface area contributed by atoms with Crippen LogP contribution in [0.1, 0.15) is 52.5 Å². The highest BCUT2D eigenvalue weighted by Crippen LogP contribution is 2.28. The minimum Gasteiger partial charge on any atom is -0.358 e. The summed E-state index contributed by atoms with van der Waals surface area (Å²) in [5.74, 6) is 0.368. The van der Waals surface area contributed by atoms with Crippen molar-refractivity contribution in [3.05, 3.63) is 64.3 Å². The van der Waals surface area contributed by atoms with Gasteiger partial charge in [0.1, 0.15) is 0 Å². The molecule has 24 heavy (non-hydrogen) atoms. The Balaban J connectivity index is 2.00. The summed E-state index contributed by atoms with van der Waals surface area (Å²) in [6, 6.07) is 12.2. The topological polar surface area (TPSA) is 44.9 Å². The molecule has 3 aromatic rings. The van der Waals surface area contributed by atoms with Gasteiger partial charge in [0.15, 0.2) is 0 Å². The van der Waals surface area contributed by atoms with Crippen LogP contribution < -0.4 is 5.32 Å². The van der Waals surface area contributed by atoms with Crippen LogP contribution in [-0.4, -0.2) is 10.9 Å². The molecule has 0 spiro atoms. The van der Waals surface area contributed by atoms with Crippen molar-refractivity contribution < 1.29 is 4.79 Å². The van der Waals surface area contributed by atoms with Gasteiger partial charge in [-0.1, -0.05) is 37.6 Å². The van der Waals surface area contributed by atoms with Gasteiger partial charge in [0.25, 0.3) is 5.91 Å². The van der Waals surface area contributed by atoms with E-state index in [1.807, 2.05) is 32.0 Å². The molecule has 0 aliphatic rings. The maximum absolute atomic E-state index is 12.8. The van der Waals surface area contributed by atoms with E-state index in [9.17, 15) is 4.79 Å². The fourth-order valence-electron chi connectivity index (χ4n) is 3.32.